The molecule has 0 saturated carbocycles. The van der Waals surface area contributed by atoms with Gasteiger partial charge >= 0.3 is 6.09 Å². The Morgan fingerprint density at radius 3 is 2.00 bits per heavy atom. The van der Waals surface area contributed by atoms with Gasteiger partial charge in [-0.2, -0.15) is 0 Å². The highest BCUT2D eigenvalue weighted by molar-refractivity contribution is 5.90. The van der Waals surface area contributed by atoms with Gasteiger partial charge in [-0.3, -0.25) is 4.90 Å². The predicted octanol–water partition coefficient (Wildman–Crippen LogP) is 5.56. The molecule has 1 amide bonds. The third kappa shape index (κ3) is 5.36. The number of anilines is 1. The molecular formula is C28H28F2N2O3. The molecule has 2 saturated heterocycles. The summed E-state index contributed by atoms with van der Waals surface area (Å²) in [6.07, 6.45) is 0.833. The SMILES string of the molecule is O=C1OC2(CCN(CCOC(c3ccc(F)cc3)c3ccc(F)cc3)CC2)CN1c1ccccc1. The summed E-state index contributed by atoms with van der Waals surface area (Å²) in [5.41, 5.74) is 2.04. The van der Waals surface area contributed by atoms with Crippen molar-refractivity contribution in [2.75, 3.05) is 37.7 Å². The lowest BCUT2D eigenvalue weighted by molar-refractivity contribution is -0.0105. The van der Waals surface area contributed by atoms with E-state index in [0.29, 0.717) is 19.7 Å². The number of para-hydroxylation sites is 1. The van der Waals surface area contributed by atoms with Gasteiger partial charge in [0.2, 0.25) is 0 Å². The van der Waals surface area contributed by atoms with Crippen LogP contribution in [0.1, 0.15) is 30.1 Å². The largest absolute Gasteiger partial charge is 0.441 e. The molecule has 3 aromatic rings. The molecular weight excluding hydrogens is 450 g/mol. The second-order valence-electron chi connectivity index (χ2n) is 9.17. The number of hydrogen-bond acceptors (Lipinski definition) is 4. The van der Waals surface area contributed by atoms with Crippen LogP contribution in [0.5, 0.6) is 0 Å². The number of rotatable bonds is 7. The van der Waals surface area contributed by atoms with Gasteiger partial charge in [-0.15, -0.1) is 0 Å². The van der Waals surface area contributed by atoms with Gasteiger partial charge in [0.25, 0.3) is 0 Å². The van der Waals surface area contributed by atoms with E-state index in [4.69, 9.17) is 9.47 Å². The third-order valence-electron chi connectivity index (χ3n) is 6.84. The minimum absolute atomic E-state index is 0.283. The first-order chi connectivity index (χ1) is 17.0. The average molecular weight is 479 g/mol. The fraction of sp³-hybridized carbons (Fsp3) is 0.321. The fourth-order valence-electron chi connectivity index (χ4n) is 4.83. The number of ether oxygens (including phenoxy) is 2. The molecule has 0 unspecified atom stereocenters. The second-order valence-corrected chi connectivity index (χ2v) is 9.17. The van der Waals surface area contributed by atoms with Crippen LogP contribution in [0.4, 0.5) is 19.3 Å². The first kappa shape index (κ1) is 23.5. The predicted molar refractivity (Wildman–Crippen MR) is 129 cm³/mol. The lowest BCUT2D eigenvalue weighted by Crippen LogP contribution is -2.47. The number of nitrogens with zero attached hydrogens (tertiary/aromatic N) is 2. The zero-order valence-corrected chi connectivity index (χ0v) is 19.4. The van der Waals surface area contributed by atoms with Gasteiger partial charge in [0.1, 0.15) is 23.3 Å². The molecule has 0 atom stereocenters. The van der Waals surface area contributed by atoms with Crippen molar-refractivity contribution in [1.82, 2.24) is 4.90 Å². The Kier molecular flexibility index (Phi) is 6.79. The molecule has 0 bridgehead atoms. The van der Waals surface area contributed by atoms with Crippen LogP contribution in [0.3, 0.4) is 0 Å². The lowest BCUT2D eigenvalue weighted by atomic mass is 9.91. The van der Waals surface area contributed by atoms with E-state index in [-0.39, 0.29) is 17.7 Å². The van der Waals surface area contributed by atoms with Crippen molar-refractivity contribution in [2.45, 2.75) is 24.5 Å². The molecule has 0 radical (unpaired) electrons. The zero-order valence-electron chi connectivity index (χ0n) is 19.4. The van der Waals surface area contributed by atoms with Gasteiger partial charge < -0.3 is 14.4 Å². The summed E-state index contributed by atoms with van der Waals surface area (Å²) in [6.45, 7) is 3.35. The van der Waals surface area contributed by atoms with Gasteiger partial charge in [-0.1, -0.05) is 42.5 Å². The highest BCUT2D eigenvalue weighted by Gasteiger charge is 2.47. The summed E-state index contributed by atoms with van der Waals surface area (Å²) in [4.78, 5) is 16.5. The Balaban J connectivity index is 1.17. The minimum Gasteiger partial charge on any atom is -0.441 e. The zero-order chi connectivity index (χ0) is 24.3. The summed E-state index contributed by atoms with van der Waals surface area (Å²) in [6, 6.07) is 22.0. The Morgan fingerprint density at radius 1 is 0.857 bits per heavy atom. The molecule has 2 fully saturated rings. The highest BCUT2D eigenvalue weighted by Crippen LogP contribution is 2.35. The van der Waals surface area contributed by atoms with Crippen LogP contribution in [-0.4, -0.2) is 49.4 Å². The number of carbonyl (C=O) groups is 1. The van der Waals surface area contributed by atoms with Gasteiger partial charge in [-0.05, 0) is 47.5 Å². The van der Waals surface area contributed by atoms with E-state index in [1.54, 1.807) is 29.2 Å². The van der Waals surface area contributed by atoms with Gasteiger partial charge in [0.15, 0.2) is 0 Å². The molecule has 1 spiro atoms. The van der Waals surface area contributed by atoms with Crippen molar-refractivity contribution in [3.8, 4) is 0 Å². The quantitative estimate of drug-likeness (QED) is 0.446. The summed E-state index contributed by atoms with van der Waals surface area (Å²) in [7, 11) is 0. The van der Waals surface area contributed by atoms with E-state index >= 15 is 0 Å². The minimum atomic E-state index is -0.449. The van der Waals surface area contributed by atoms with Gasteiger partial charge in [0, 0.05) is 38.2 Å². The maximum atomic E-state index is 13.4. The summed E-state index contributed by atoms with van der Waals surface area (Å²) >= 11 is 0. The molecule has 2 aliphatic rings. The van der Waals surface area contributed by atoms with Gasteiger partial charge in [0.05, 0.1) is 13.2 Å². The van der Waals surface area contributed by atoms with Crippen LogP contribution in [0.25, 0.3) is 0 Å². The Bertz CT molecular complexity index is 1090. The Hall–Kier alpha value is -3.29. The molecule has 35 heavy (non-hydrogen) atoms. The maximum Gasteiger partial charge on any atom is 0.415 e. The molecule has 2 heterocycles. The first-order valence-electron chi connectivity index (χ1n) is 11.9. The van der Waals surface area contributed by atoms with E-state index in [2.05, 4.69) is 4.90 Å². The molecule has 5 nitrogen and oxygen atoms in total. The van der Waals surface area contributed by atoms with Crippen molar-refractivity contribution >= 4 is 11.8 Å². The van der Waals surface area contributed by atoms with Crippen molar-refractivity contribution in [1.29, 1.82) is 0 Å². The van der Waals surface area contributed by atoms with E-state index in [9.17, 15) is 13.6 Å². The molecule has 0 N–H and O–H groups in total. The lowest BCUT2D eigenvalue weighted by Gasteiger charge is -2.37. The number of likely N-dealkylation sites (tertiary alicyclic amines) is 1. The molecule has 7 heteroatoms. The van der Waals surface area contributed by atoms with Crippen LogP contribution in [0, 0.1) is 11.6 Å². The highest BCUT2D eigenvalue weighted by atomic mass is 19.1. The van der Waals surface area contributed by atoms with Crippen LogP contribution in [0.15, 0.2) is 78.9 Å². The number of benzene rings is 3. The van der Waals surface area contributed by atoms with E-state index < -0.39 is 11.7 Å². The molecule has 2 aliphatic heterocycles. The molecule has 0 aliphatic carbocycles. The topological polar surface area (TPSA) is 42.0 Å². The molecule has 182 valence electrons. The van der Waals surface area contributed by atoms with Gasteiger partial charge in [-0.25, -0.2) is 13.6 Å². The van der Waals surface area contributed by atoms with Crippen LogP contribution >= 0.6 is 0 Å². The van der Waals surface area contributed by atoms with E-state index in [1.807, 2.05) is 30.3 Å². The molecule has 0 aromatic heterocycles. The normalized spacial score (nSPS) is 17.8. The summed E-state index contributed by atoms with van der Waals surface area (Å²) in [5.74, 6) is -0.625. The number of halogens is 2. The Morgan fingerprint density at radius 2 is 1.43 bits per heavy atom. The fourth-order valence-corrected chi connectivity index (χ4v) is 4.83. The van der Waals surface area contributed by atoms with Crippen LogP contribution < -0.4 is 4.90 Å². The van der Waals surface area contributed by atoms with Crippen molar-refractivity contribution in [2.24, 2.45) is 0 Å². The number of hydrogen-bond donors (Lipinski definition) is 0. The van der Waals surface area contributed by atoms with Crippen molar-refractivity contribution in [3.05, 3.63) is 102 Å². The van der Waals surface area contributed by atoms with Crippen molar-refractivity contribution in [3.63, 3.8) is 0 Å². The smallest absolute Gasteiger partial charge is 0.415 e. The average Bonchev–Trinajstić information content (AvgIpc) is 3.20. The molecule has 5 rings (SSSR count). The summed E-state index contributed by atoms with van der Waals surface area (Å²) < 4.78 is 39.0. The standard InChI is InChI=1S/C28H28F2N2O3/c29-23-10-6-21(7-11-23)26(22-8-12-24(30)13-9-22)34-19-18-31-16-14-28(15-17-31)20-32(27(33)35-28)25-4-2-1-3-5-25/h1-13,26H,14-20H2. The third-order valence-corrected chi connectivity index (χ3v) is 6.84. The summed E-state index contributed by atoms with van der Waals surface area (Å²) in [5, 5.41) is 0. The van der Waals surface area contributed by atoms with Crippen molar-refractivity contribution < 1.29 is 23.0 Å². The number of amides is 1. The monoisotopic (exact) mass is 478 g/mol. The van der Waals surface area contributed by atoms with E-state index in [1.165, 1.54) is 24.3 Å². The van der Waals surface area contributed by atoms with Crippen LogP contribution in [-0.2, 0) is 9.47 Å². The maximum absolute atomic E-state index is 13.4. The molecule has 3 aromatic carbocycles. The van der Waals surface area contributed by atoms with Crippen LogP contribution in [0.2, 0.25) is 0 Å². The number of piperidine rings is 1. The number of carbonyl (C=O) groups excluding carboxylic acids is 1. The first-order valence-corrected chi connectivity index (χ1v) is 11.9. The van der Waals surface area contributed by atoms with E-state index in [0.717, 1.165) is 42.7 Å². The second kappa shape index (κ2) is 10.1. The Labute approximate surface area is 203 Å².